The summed E-state index contributed by atoms with van der Waals surface area (Å²) in [5, 5.41) is 17.5. The molecule has 33 heavy (non-hydrogen) atoms. The maximum absolute atomic E-state index is 14.4. The van der Waals surface area contributed by atoms with E-state index in [1.165, 1.54) is 0 Å². The highest BCUT2D eigenvalue weighted by Gasteiger charge is 2.60. The molecule has 0 bridgehead atoms. The Labute approximate surface area is 191 Å². The van der Waals surface area contributed by atoms with Gasteiger partial charge < -0.3 is 20.1 Å². The number of benzene rings is 2. The topological polar surface area (TPSA) is 117 Å². The lowest BCUT2D eigenvalue weighted by Gasteiger charge is -2.32. The van der Waals surface area contributed by atoms with Crippen LogP contribution in [0.3, 0.4) is 0 Å². The fourth-order valence-electron chi connectivity index (χ4n) is 4.90. The maximum Gasteiger partial charge on any atom is 0.248 e. The molecule has 0 radical (unpaired) electrons. The van der Waals surface area contributed by atoms with E-state index in [0.717, 1.165) is 23.4 Å². The molecule has 0 saturated heterocycles. The number of nitrogens with two attached hydrogens (primary N) is 1. The second-order valence-electron chi connectivity index (χ2n) is 8.10. The molecule has 5 rings (SSSR count). The molecule has 0 fully saturated rings. The Morgan fingerprint density at radius 2 is 2.09 bits per heavy atom. The average Bonchev–Trinajstić information content (AvgIpc) is 3.33. The molecule has 0 aliphatic carbocycles. The van der Waals surface area contributed by atoms with E-state index in [4.69, 9.17) is 15.2 Å². The number of hydrogen-bond acceptors (Lipinski definition) is 6. The molecule has 1 spiro atoms. The molecule has 1 amide bonds. The fraction of sp³-hybridized carbons (Fsp3) is 0.240. The highest BCUT2D eigenvalue weighted by Crippen LogP contribution is 2.56. The van der Waals surface area contributed by atoms with E-state index < -0.39 is 5.41 Å². The van der Waals surface area contributed by atoms with Gasteiger partial charge in [-0.25, -0.2) is 0 Å². The highest BCUT2D eigenvalue weighted by molar-refractivity contribution is 6.14. The number of para-hydroxylation sites is 1. The number of aromatic amines is 1. The standard InChI is InChI=1S/C25H23N5O3/c1-3-7-19-21-23(29-28-19)33-22(27)18(13-26)25(21)17-10-4-5-11-20(17)30(24(25)31)14-15-8-6-9-16(12-15)32-2/h4-6,8-12H,3,7,14,27H2,1-2H3,(H,28,29). The van der Waals surface area contributed by atoms with Gasteiger partial charge in [-0.3, -0.25) is 9.89 Å². The number of hydrogen-bond donors (Lipinski definition) is 2. The molecule has 3 heterocycles. The third-order valence-corrected chi connectivity index (χ3v) is 6.26. The molecule has 8 nitrogen and oxygen atoms in total. The minimum Gasteiger partial charge on any atom is -0.497 e. The van der Waals surface area contributed by atoms with Gasteiger partial charge in [0.2, 0.25) is 17.7 Å². The van der Waals surface area contributed by atoms with Crippen LogP contribution < -0.4 is 20.1 Å². The number of anilines is 1. The second kappa shape index (κ2) is 7.71. The number of nitriles is 1. The van der Waals surface area contributed by atoms with Gasteiger partial charge in [-0.2, -0.15) is 5.26 Å². The van der Waals surface area contributed by atoms with Crippen LogP contribution in [0.25, 0.3) is 0 Å². The van der Waals surface area contributed by atoms with Crippen molar-refractivity contribution in [1.29, 1.82) is 5.26 Å². The molecule has 8 heteroatoms. The Hall–Kier alpha value is -4.25. The van der Waals surface area contributed by atoms with Gasteiger partial charge in [0, 0.05) is 16.9 Å². The zero-order chi connectivity index (χ0) is 23.2. The summed E-state index contributed by atoms with van der Waals surface area (Å²) < 4.78 is 11.1. The Bertz CT molecular complexity index is 1340. The second-order valence-corrected chi connectivity index (χ2v) is 8.10. The van der Waals surface area contributed by atoms with E-state index in [9.17, 15) is 10.1 Å². The Kier molecular flexibility index (Phi) is 4.82. The zero-order valence-electron chi connectivity index (χ0n) is 18.4. The molecule has 1 aromatic heterocycles. The van der Waals surface area contributed by atoms with Crippen molar-refractivity contribution in [2.75, 3.05) is 12.0 Å². The number of methoxy groups -OCH3 is 1. The van der Waals surface area contributed by atoms with Crippen LogP contribution in [0.15, 0.2) is 60.0 Å². The number of aryl methyl sites for hydroxylation is 1. The average molecular weight is 441 g/mol. The third-order valence-electron chi connectivity index (χ3n) is 6.26. The summed E-state index contributed by atoms with van der Waals surface area (Å²) in [6, 6.07) is 17.3. The van der Waals surface area contributed by atoms with Crippen molar-refractivity contribution in [3.63, 3.8) is 0 Å². The Morgan fingerprint density at radius 3 is 2.85 bits per heavy atom. The number of carbonyl (C=O) groups is 1. The molecule has 0 saturated carbocycles. The summed E-state index contributed by atoms with van der Waals surface area (Å²) in [7, 11) is 1.61. The van der Waals surface area contributed by atoms with Gasteiger partial charge >= 0.3 is 0 Å². The predicted octanol–water partition coefficient (Wildman–Crippen LogP) is 3.29. The van der Waals surface area contributed by atoms with Crippen molar-refractivity contribution in [3.05, 3.63) is 82.4 Å². The van der Waals surface area contributed by atoms with Gasteiger partial charge in [-0.15, -0.1) is 5.10 Å². The first-order valence-corrected chi connectivity index (χ1v) is 10.8. The summed E-state index contributed by atoms with van der Waals surface area (Å²) in [4.78, 5) is 16.1. The van der Waals surface area contributed by atoms with Crippen molar-refractivity contribution in [1.82, 2.24) is 10.2 Å². The molecule has 2 aliphatic heterocycles. The summed E-state index contributed by atoms with van der Waals surface area (Å²) in [6.07, 6.45) is 1.48. The molecule has 1 atom stereocenters. The van der Waals surface area contributed by atoms with Gasteiger partial charge in [-0.1, -0.05) is 43.7 Å². The van der Waals surface area contributed by atoms with Crippen molar-refractivity contribution < 1.29 is 14.3 Å². The SMILES string of the molecule is CCCc1[nH]nc2c1C1(C(=O)N(Cc3cccc(OC)c3)c3ccccc31)C(C#N)=C(N)O2. The number of fused-ring (bicyclic) bond motifs is 4. The van der Waals surface area contributed by atoms with Crippen LogP contribution in [0.5, 0.6) is 11.6 Å². The largest absolute Gasteiger partial charge is 0.497 e. The summed E-state index contributed by atoms with van der Waals surface area (Å²) >= 11 is 0. The first-order valence-electron chi connectivity index (χ1n) is 10.8. The van der Waals surface area contributed by atoms with E-state index in [1.54, 1.807) is 12.0 Å². The molecule has 3 N–H and O–H groups in total. The van der Waals surface area contributed by atoms with Gasteiger partial charge in [0.1, 0.15) is 22.8 Å². The van der Waals surface area contributed by atoms with Crippen molar-refractivity contribution in [3.8, 4) is 17.7 Å². The maximum atomic E-state index is 14.4. The zero-order valence-corrected chi connectivity index (χ0v) is 18.4. The van der Waals surface area contributed by atoms with Crippen LogP contribution in [0.1, 0.15) is 35.7 Å². The van der Waals surface area contributed by atoms with Gasteiger partial charge in [0.15, 0.2) is 0 Å². The number of aromatic nitrogens is 2. The summed E-state index contributed by atoms with van der Waals surface area (Å²) in [5.41, 5.74) is 8.51. The predicted molar refractivity (Wildman–Crippen MR) is 121 cm³/mol. The monoisotopic (exact) mass is 441 g/mol. The van der Waals surface area contributed by atoms with Crippen molar-refractivity contribution in [2.45, 2.75) is 31.7 Å². The number of H-pyrrole nitrogens is 1. The number of nitrogens with one attached hydrogen (secondary N) is 1. The van der Waals surface area contributed by atoms with E-state index >= 15 is 0 Å². The summed E-state index contributed by atoms with van der Waals surface area (Å²) in [5.74, 6) is 0.582. The van der Waals surface area contributed by atoms with Crippen LogP contribution in [0.2, 0.25) is 0 Å². The lowest BCUT2D eigenvalue weighted by Crippen LogP contribution is -2.46. The highest BCUT2D eigenvalue weighted by atomic mass is 16.5. The van der Waals surface area contributed by atoms with E-state index in [-0.39, 0.29) is 23.2 Å². The quantitative estimate of drug-likeness (QED) is 0.627. The number of amides is 1. The van der Waals surface area contributed by atoms with Gasteiger partial charge in [0.05, 0.1) is 19.2 Å². The minimum atomic E-state index is -1.42. The normalized spacial score (nSPS) is 18.7. The minimum absolute atomic E-state index is 0.0827. The van der Waals surface area contributed by atoms with Crippen LogP contribution in [0.4, 0.5) is 5.69 Å². The molecular formula is C25H23N5O3. The van der Waals surface area contributed by atoms with E-state index in [1.807, 2.05) is 55.5 Å². The molecular weight excluding hydrogens is 418 g/mol. The van der Waals surface area contributed by atoms with Crippen molar-refractivity contribution >= 4 is 11.6 Å². The first kappa shape index (κ1) is 20.6. The van der Waals surface area contributed by atoms with Crippen LogP contribution >= 0.6 is 0 Å². The van der Waals surface area contributed by atoms with Crippen molar-refractivity contribution in [2.24, 2.45) is 5.73 Å². The molecule has 1 unspecified atom stereocenters. The molecule has 166 valence electrons. The van der Waals surface area contributed by atoms with Crippen LogP contribution in [-0.2, 0) is 23.2 Å². The smallest absolute Gasteiger partial charge is 0.248 e. The summed E-state index contributed by atoms with van der Waals surface area (Å²) in [6.45, 7) is 2.35. The van der Waals surface area contributed by atoms with Gasteiger partial charge in [0.25, 0.3) is 0 Å². The lowest BCUT2D eigenvalue weighted by molar-refractivity contribution is -0.121. The molecule has 2 aliphatic rings. The van der Waals surface area contributed by atoms with Gasteiger partial charge in [-0.05, 0) is 30.2 Å². The Morgan fingerprint density at radius 1 is 1.27 bits per heavy atom. The number of ether oxygens (including phenoxy) is 2. The lowest BCUT2D eigenvalue weighted by atomic mass is 9.68. The third kappa shape index (κ3) is 2.82. The first-order chi connectivity index (χ1) is 16.1. The number of nitrogens with zero attached hydrogens (tertiary/aromatic N) is 3. The fourth-order valence-corrected chi connectivity index (χ4v) is 4.90. The van der Waals surface area contributed by atoms with E-state index in [2.05, 4.69) is 16.3 Å². The molecule has 3 aromatic rings. The number of carbonyl (C=O) groups excluding carboxylic acids is 1. The number of rotatable bonds is 5. The van der Waals surface area contributed by atoms with E-state index in [0.29, 0.717) is 29.8 Å². The van der Waals surface area contributed by atoms with Crippen LogP contribution in [-0.4, -0.2) is 23.2 Å². The van der Waals surface area contributed by atoms with Crippen LogP contribution in [0, 0.1) is 11.3 Å². The molecule has 2 aromatic carbocycles. The Balaban J connectivity index is 1.75.